The van der Waals surface area contributed by atoms with Crippen LogP contribution in [-0.2, 0) is 6.54 Å². The largest absolute Gasteiger partial charge is 0.409 e. The molecule has 0 saturated heterocycles. The molecule has 7 heteroatoms. The lowest BCUT2D eigenvalue weighted by Crippen LogP contribution is -2.29. The van der Waals surface area contributed by atoms with E-state index in [2.05, 4.69) is 27.2 Å². The molecule has 0 fully saturated rings. The molecule has 0 aliphatic heterocycles. The summed E-state index contributed by atoms with van der Waals surface area (Å²) in [5, 5.41) is 4.12. The number of benzene rings is 1. The summed E-state index contributed by atoms with van der Waals surface area (Å²) in [6.45, 7) is 4.95. The van der Waals surface area contributed by atoms with Gasteiger partial charge in [0.15, 0.2) is 5.65 Å². The van der Waals surface area contributed by atoms with Gasteiger partial charge in [0.1, 0.15) is 12.9 Å². The summed E-state index contributed by atoms with van der Waals surface area (Å²) >= 11 is 0. The molecule has 0 bridgehead atoms. The molecule has 0 spiro atoms. The molecule has 0 unspecified atom stereocenters. The van der Waals surface area contributed by atoms with E-state index >= 15 is 0 Å². The molecule has 7 nitrogen and oxygen atoms in total. The number of hydrogen-bond donors (Lipinski definition) is 1. The van der Waals surface area contributed by atoms with Crippen molar-refractivity contribution in [1.29, 1.82) is 0 Å². The number of unbranched alkanes of at least 4 members (excludes halogenated alkanes) is 1. The van der Waals surface area contributed by atoms with Gasteiger partial charge in [0.2, 0.25) is 0 Å². The highest BCUT2D eigenvalue weighted by Crippen LogP contribution is 2.23. The Balaban J connectivity index is 1.59. The van der Waals surface area contributed by atoms with E-state index < -0.39 is 0 Å². The fourth-order valence-corrected chi connectivity index (χ4v) is 3.36. The third kappa shape index (κ3) is 4.55. The highest BCUT2D eigenvalue weighted by atomic mass is 16.7. The summed E-state index contributed by atoms with van der Waals surface area (Å²) in [5.74, 6) is 0. The number of rotatable bonds is 8. The number of anilines is 1. The Morgan fingerprint density at radius 3 is 2.65 bits per heavy atom. The third-order valence-electron chi connectivity index (χ3n) is 5.04. The summed E-state index contributed by atoms with van der Waals surface area (Å²) in [5.41, 5.74) is 4.67. The summed E-state index contributed by atoms with van der Waals surface area (Å²) in [7, 11) is 0. The zero-order valence-corrected chi connectivity index (χ0v) is 17.7. The highest BCUT2D eigenvalue weighted by molar-refractivity contribution is 5.90. The van der Waals surface area contributed by atoms with Gasteiger partial charge in [-0.05, 0) is 25.0 Å². The zero-order valence-electron chi connectivity index (χ0n) is 17.7. The van der Waals surface area contributed by atoms with Gasteiger partial charge < -0.3 is 10.2 Å². The summed E-state index contributed by atoms with van der Waals surface area (Å²) < 4.78 is 1.26. The lowest BCUT2D eigenvalue weighted by atomic mass is 10.1. The van der Waals surface area contributed by atoms with E-state index in [1.165, 1.54) is 17.1 Å². The van der Waals surface area contributed by atoms with Crippen LogP contribution >= 0.6 is 0 Å². The summed E-state index contributed by atoms with van der Waals surface area (Å²) in [4.78, 5) is 31.6. The second kappa shape index (κ2) is 9.38. The first-order valence-electron chi connectivity index (χ1n) is 10.4. The molecule has 1 N–H and O–H groups in total. The van der Waals surface area contributed by atoms with Gasteiger partial charge in [-0.25, -0.2) is 9.97 Å². The first-order chi connectivity index (χ1) is 15.2. The van der Waals surface area contributed by atoms with Crippen molar-refractivity contribution >= 4 is 16.7 Å². The Morgan fingerprint density at radius 1 is 1.06 bits per heavy atom. The molecule has 0 atom stereocenters. The SMILES string of the molecule is CCCCOn1c(=O)cc(NCc2ccc(-c3ccccc3)nc2)c2c(C)ncnc21. The minimum atomic E-state index is -0.262. The Kier molecular flexibility index (Phi) is 6.21. The van der Waals surface area contributed by atoms with Gasteiger partial charge in [0.25, 0.3) is 5.56 Å². The van der Waals surface area contributed by atoms with Crippen molar-refractivity contribution in [3.63, 3.8) is 0 Å². The number of aromatic nitrogens is 4. The molecular weight excluding hydrogens is 390 g/mol. The van der Waals surface area contributed by atoms with Gasteiger partial charge in [-0.2, -0.15) is 0 Å². The topological polar surface area (TPSA) is 81.9 Å². The van der Waals surface area contributed by atoms with Crippen LogP contribution in [0.3, 0.4) is 0 Å². The molecule has 1 aromatic carbocycles. The lowest BCUT2D eigenvalue weighted by Gasteiger charge is -2.15. The van der Waals surface area contributed by atoms with E-state index in [1.54, 1.807) is 0 Å². The first-order valence-corrected chi connectivity index (χ1v) is 10.4. The molecule has 3 heterocycles. The fourth-order valence-electron chi connectivity index (χ4n) is 3.36. The third-order valence-corrected chi connectivity index (χ3v) is 5.04. The quantitative estimate of drug-likeness (QED) is 0.438. The van der Waals surface area contributed by atoms with Crippen LogP contribution in [0.4, 0.5) is 5.69 Å². The molecule has 0 aliphatic carbocycles. The van der Waals surface area contributed by atoms with E-state index in [0.717, 1.165) is 40.7 Å². The molecule has 0 aliphatic rings. The number of hydrogen-bond acceptors (Lipinski definition) is 6. The standard InChI is InChI=1S/C24H25N5O2/c1-3-4-12-31-29-22(30)13-21(23-17(2)27-16-28-24(23)29)26-15-18-10-11-20(25-14-18)19-8-6-5-7-9-19/h5-11,13-14,16,26H,3-4,12,15H2,1-2H3. The van der Waals surface area contributed by atoms with Crippen LogP contribution in [-0.4, -0.2) is 26.3 Å². The predicted molar refractivity (Wildman–Crippen MR) is 122 cm³/mol. The Labute approximate surface area is 180 Å². The van der Waals surface area contributed by atoms with Gasteiger partial charge in [0, 0.05) is 24.4 Å². The zero-order chi connectivity index (χ0) is 21.6. The number of nitrogens with one attached hydrogen (secondary N) is 1. The van der Waals surface area contributed by atoms with Crippen LogP contribution in [0, 0.1) is 6.92 Å². The van der Waals surface area contributed by atoms with E-state index in [1.807, 2.05) is 55.6 Å². The molecule has 4 rings (SSSR count). The Morgan fingerprint density at radius 2 is 1.90 bits per heavy atom. The van der Waals surface area contributed by atoms with Crippen LogP contribution in [0.15, 0.2) is 65.8 Å². The van der Waals surface area contributed by atoms with Crippen LogP contribution < -0.4 is 15.7 Å². The number of pyridine rings is 2. The maximum Gasteiger partial charge on any atom is 0.287 e. The summed E-state index contributed by atoms with van der Waals surface area (Å²) in [6.07, 6.45) is 5.14. The average molecular weight is 415 g/mol. The lowest BCUT2D eigenvalue weighted by molar-refractivity contribution is 0.108. The monoisotopic (exact) mass is 415 g/mol. The molecule has 158 valence electrons. The number of nitrogens with zero attached hydrogens (tertiary/aromatic N) is 4. The molecule has 0 saturated carbocycles. The molecule has 4 aromatic rings. The Hall–Kier alpha value is -3.74. The van der Waals surface area contributed by atoms with E-state index in [9.17, 15) is 4.79 Å². The number of aryl methyl sites for hydroxylation is 1. The average Bonchev–Trinajstić information content (AvgIpc) is 2.80. The van der Waals surface area contributed by atoms with Gasteiger partial charge in [-0.1, -0.05) is 49.7 Å². The molecule has 31 heavy (non-hydrogen) atoms. The normalized spacial score (nSPS) is 10.9. The maximum atomic E-state index is 12.7. The minimum absolute atomic E-state index is 0.262. The molecule has 0 amide bonds. The van der Waals surface area contributed by atoms with E-state index in [0.29, 0.717) is 24.5 Å². The van der Waals surface area contributed by atoms with Crippen LogP contribution in [0.1, 0.15) is 31.0 Å². The second-order valence-electron chi connectivity index (χ2n) is 7.31. The molecule has 3 aromatic heterocycles. The van der Waals surface area contributed by atoms with Gasteiger partial charge in [-0.3, -0.25) is 9.78 Å². The van der Waals surface area contributed by atoms with Crippen LogP contribution in [0.5, 0.6) is 0 Å². The first kappa shape index (κ1) is 20.5. The van der Waals surface area contributed by atoms with Gasteiger partial charge >= 0.3 is 0 Å². The van der Waals surface area contributed by atoms with Crippen LogP contribution in [0.25, 0.3) is 22.3 Å². The van der Waals surface area contributed by atoms with Crippen molar-refractivity contribution < 1.29 is 4.84 Å². The maximum absolute atomic E-state index is 12.7. The smallest absolute Gasteiger partial charge is 0.287 e. The van der Waals surface area contributed by atoms with Crippen molar-refractivity contribution in [2.75, 3.05) is 11.9 Å². The fraction of sp³-hybridized carbons (Fsp3) is 0.250. The van der Waals surface area contributed by atoms with Crippen LogP contribution in [0.2, 0.25) is 0 Å². The highest BCUT2D eigenvalue weighted by Gasteiger charge is 2.14. The van der Waals surface area contributed by atoms with Crippen molar-refractivity contribution in [3.05, 3.63) is 82.7 Å². The van der Waals surface area contributed by atoms with Crippen molar-refractivity contribution in [3.8, 4) is 11.3 Å². The van der Waals surface area contributed by atoms with Crippen molar-refractivity contribution in [2.24, 2.45) is 0 Å². The number of fused-ring (bicyclic) bond motifs is 1. The van der Waals surface area contributed by atoms with E-state index in [-0.39, 0.29) is 5.56 Å². The second-order valence-corrected chi connectivity index (χ2v) is 7.31. The molecule has 0 radical (unpaired) electrons. The van der Waals surface area contributed by atoms with Crippen molar-refractivity contribution in [1.82, 2.24) is 19.7 Å². The molecular formula is C24H25N5O2. The Bertz CT molecular complexity index is 1220. The van der Waals surface area contributed by atoms with Crippen molar-refractivity contribution in [2.45, 2.75) is 33.2 Å². The van der Waals surface area contributed by atoms with E-state index in [4.69, 9.17) is 4.84 Å². The minimum Gasteiger partial charge on any atom is -0.409 e. The van der Waals surface area contributed by atoms with Gasteiger partial charge in [-0.15, -0.1) is 4.73 Å². The summed E-state index contributed by atoms with van der Waals surface area (Å²) in [6, 6.07) is 15.6. The van der Waals surface area contributed by atoms with Gasteiger partial charge in [0.05, 0.1) is 22.5 Å². The predicted octanol–water partition coefficient (Wildman–Crippen LogP) is 4.00.